The average molecular weight is 839 g/mol. The van der Waals surface area contributed by atoms with Crippen LogP contribution in [0.25, 0.3) is 105 Å². The maximum atomic E-state index is 13.4. The third-order valence-corrected chi connectivity index (χ3v) is 12.3. The number of benzene rings is 10. The van der Waals surface area contributed by atoms with E-state index in [0.717, 1.165) is 111 Å². The molecule has 0 aliphatic rings. The van der Waals surface area contributed by atoms with Gasteiger partial charge < -0.3 is 5.11 Å². The Kier molecular flexibility index (Phi) is 11.0. The zero-order chi connectivity index (χ0) is 44.3. The predicted octanol–water partition coefficient (Wildman–Crippen LogP) is 17.4. The molecule has 10 aromatic carbocycles. The van der Waals surface area contributed by atoms with E-state index in [0.29, 0.717) is 0 Å². The van der Waals surface area contributed by atoms with Crippen molar-refractivity contribution in [3.8, 4) is 89.4 Å². The van der Waals surface area contributed by atoms with E-state index in [1.165, 1.54) is 0 Å². The summed E-state index contributed by atoms with van der Waals surface area (Å²) in [4.78, 5) is 4.10. The third-order valence-electron chi connectivity index (χ3n) is 12.3. The van der Waals surface area contributed by atoms with Gasteiger partial charge in [-0.3, -0.25) is 4.94 Å². The molecule has 0 atom stereocenters. The summed E-state index contributed by atoms with van der Waals surface area (Å²) < 4.78 is 13.4. The molecule has 0 radical (unpaired) electrons. The third kappa shape index (κ3) is 7.60. The lowest BCUT2D eigenvalue weighted by atomic mass is 9.80. The Labute approximate surface area is 378 Å². The lowest BCUT2D eigenvalue weighted by molar-refractivity contribution is -0.00618. The van der Waals surface area contributed by atoms with Crippen LogP contribution in [-0.2, 0) is 0 Å². The highest BCUT2D eigenvalue weighted by atomic mass is 19.3. The van der Waals surface area contributed by atoms with Gasteiger partial charge in [0.05, 0.1) is 0 Å². The van der Waals surface area contributed by atoms with Gasteiger partial charge in [0.15, 0.2) is 5.75 Å². The second kappa shape index (κ2) is 17.7. The van der Waals surface area contributed by atoms with Gasteiger partial charge in [0.1, 0.15) is 5.75 Å². The minimum Gasteiger partial charge on any atom is -0.508 e. The highest BCUT2D eigenvalue weighted by Gasteiger charge is 2.24. The molecule has 2 nitrogen and oxygen atoms in total. The second-order valence-electron chi connectivity index (χ2n) is 16.0. The van der Waals surface area contributed by atoms with Crippen LogP contribution in [0, 0.1) is 0 Å². The van der Waals surface area contributed by atoms with Crippen molar-refractivity contribution >= 4 is 27.1 Å². The molecule has 0 aromatic heterocycles. The summed E-state index contributed by atoms with van der Waals surface area (Å²) in [5.41, 5.74) is 16.7. The van der Waals surface area contributed by atoms with E-state index < -0.39 is 0 Å². The number of aromatic hydroxyl groups is 1. The van der Waals surface area contributed by atoms with Gasteiger partial charge in [-0.2, -0.15) is 0 Å². The van der Waals surface area contributed by atoms with E-state index in [2.05, 4.69) is 176 Å². The van der Waals surface area contributed by atoms with Crippen LogP contribution in [0.5, 0.6) is 11.5 Å². The number of allylic oxidation sites excluding steroid dienone is 4. The second-order valence-corrected chi connectivity index (χ2v) is 16.0. The molecule has 10 aromatic rings. The van der Waals surface area contributed by atoms with Gasteiger partial charge in [-0.05, 0) is 159 Å². The number of halogens is 1. The first-order chi connectivity index (χ1) is 32.0. The molecule has 0 bridgehead atoms. The molecule has 0 saturated carbocycles. The van der Waals surface area contributed by atoms with Gasteiger partial charge in [-0.1, -0.05) is 195 Å². The van der Waals surface area contributed by atoms with Crippen molar-refractivity contribution in [2.24, 2.45) is 0 Å². The van der Waals surface area contributed by atoms with Crippen LogP contribution in [0.4, 0.5) is 4.53 Å². The summed E-state index contributed by atoms with van der Waals surface area (Å²) >= 11 is 0. The van der Waals surface area contributed by atoms with Gasteiger partial charge >= 0.3 is 0 Å². The Balaban J connectivity index is 1.32. The fraction of sp³-hybridized carbons (Fsp3) is 0. The van der Waals surface area contributed by atoms with Gasteiger partial charge in [0, 0.05) is 4.53 Å². The standard InChI is InChI=1S/C62H43FO2/c1-3-18-41(4-2)55-37-47(38-56(42-19-8-5-9-20-42)59(55)46-31-35-50(65-63)36-32-46)61-51-25-14-16-27-53(51)62(54-28-17-15-26-52(54)61)48-39-57(43-21-10-6-11-22-43)60(45-29-33-49(64)34-30-45)58(40-48)44-23-12-7-13-24-44/h3-40,64H,1-2H2/b41-18+. The molecule has 0 unspecified atom stereocenters. The summed E-state index contributed by atoms with van der Waals surface area (Å²) in [6.45, 7) is 8.32. The Morgan fingerprint density at radius 2 is 0.785 bits per heavy atom. The van der Waals surface area contributed by atoms with E-state index in [9.17, 15) is 9.63 Å². The first-order valence-corrected chi connectivity index (χ1v) is 21.6. The van der Waals surface area contributed by atoms with E-state index in [1.807, 2.05) is 42.5 Å². The first-order valence-electron chi connectivity index (χ1n) is 21.6. The van der Waals surface area contributed by atoms with Crippen LogP contribution in [0.15, 0.2) is 244 Å². The van der Waals surface area contributed by atoms with Crippen molar-refractivity contribution in [1.29, 1.82) is 0 Å². The molecular formula is C62H43FO2. The molecular weight excluding hydrogens is 796 g/mol. The Morgan fingerprint density at radius 3 is 1.20 bits per heavy atom. The van der Waals surface area contributed by atoms with Crippen LogP contribution < -0.4 is 4.94 Å². The number of rotatable bonds is 11. The Bertz CT molecular complexity index is 3290. The topological polar surface area (TPSA) is 29.5 Å². The van der Waals surface area contributed by atoms with Crippen molar-refractivity contribution in [2.75, 3.05) is 0 Å². The van der Waals surface area contributed by atoms with Crippen LogP contribution in [-0.4, -0.2) is 5.11 Å². The molecule has 10 rings (SSSR count). The van der Waals surface area contributed by atoms with Crippen molar-refractivity contribution in [3.05, 3.63) is 249 Å². The number of phenolic OH excluding ortho intramolecular Hbond substituents is 1. The molecule has 1 N–H and O–H groups in total. The molecule has 0 amide bonds. The van der Waals surface area contributed by atoms with Crippen LogP contribution >= 0.6 is 0 Å². The minimum absolute atomic E-state index is 0.138. The van der Waals surface area contributed by atoms with E-state index in [4.69, 9.17) is 0 Å². The van der Waals surface area contributed by atoms with Crippen molar-refractivity contribution in [3.63, 3.8) is 0 Å². The molecule has 0 aliphatic heterocycles. The highest BCUT2D eigenvalue weighted by molar-refractivity contribution is 6.22. The predicted molar refractivity (Wildman–Crippen MR) is 271 cm³/mol. The summed E-state index contributed by atoms with van der Waals surface area (Å²) in [5, 5.41) is 14.9. The number of phenols is 1. The van der Waals surface area contributed by atoms with Crippen molar-refractivity contribution in [2.45, 2.75) is 0 Å². The summed E-state index contributed by atoms with van der Waals surface area (Å²) in [6.07, 6.45) is 5.64. The molecule has 65 heavy (non-hydrogen) atoms. The number of hydrogen-bond donors (Lipinski definition) is 1. The number of hydrogen-bond acceptors (Lipinski definition) is 2. The minimum atomic E-state index is 0.138. The Hall–Kier alpha value is -8.53. The monoisotopic (exact) mass is 838 g/mol. The molecule has 0 heterocycles. The van der Waals surface area contributed by atoms with Crippen LogP contribution in [0.2, 0.25) is 0 Å². The highest BCUT2D eigenvalue weighted by Crippen LogP contribution is 2.50. The van der Waals surface area contributed by atoms with Gasteiger partial charge in [-0.15, -0.1) is 0 Å². The first kappa shape index (κ1) is 40.5. The SMILES string of the molecule is C=C/C=C(\C=C)c1cc(-c2c3ccccc3c(-c3cc(-c4ccccc4)c(-c4ccc(O)cc4)c(-c4ccccc4)c3)c3ccccc23)cc(-c2ccccc2)c1-c1ccc(OF)cc1. The molecule has 0 saturated heterocycles. The van der Waals surface area contributed by atoms with E-state index in [1.54, 1.807) is 30.3 Å². The van der Waals surface area contributed by atoms with Crippen molar-refractivity contribution in [1.82, 2.24) is 0 Å². The zero-order valence-electron chi connectivity index (χ0n) is 35.6. The largest absolute Gasteiger partial charge is 0.508 e. The Morgan fingerprint density at radius 1 is 0.400 bits per heavy atom. The molecule has 0 aliphatic carbocycles. The van der Waals surface area contributed by atoms with E-state index in [-0.39, 0.29) is 11.5 Å². The lowest BCUT2D eigenvalue weighted by Gasteiger charge is -2.23. The maximum Gasteiger partial charge on any atom is 0.171 e. The van der Waals surface area contributed by atoms with Gasteiger partial charge in [-0.25, -0.2) is 0 Å². The average Bonchev–Trinajstić information content (AvgIpc) is 3.37. The molecule has 3 heteroatoms. The molecule has 0 spiro atoms. The summed E-state index contributed by atoms with van der Waals surface area (Å²) in [5.74, 6) is 0.363. The summed E-state index contributed by atoms with van der Waals surface area (Å²) in [7, 11) is 0. The fourth-order valence-electron chi connectivity index (χ4n) is 9.40. The van der Waals surface area contributed by atoms with Crippen molar-refractivity contribution < 1.29 is 14.6 Å². The van der Waals surface area contributed by atoms with Crippen LogP contribution in [0.1, 0.15) is 5.56 Å². The fourth-order valence-corrected chi connectivity index (χ4v) is 9.40. The normalized spacial score (nSPS) is 11.4. The number of fused-ring (bicyclic) bond motifs is 2. The maximum absolute atomic E-state index is 13.4. The smallest absolute Gasteiger partial charge is 0.171 e. The lowest BCUT2D eigenvalue weighted by Crippen LogP contribution is -1.97. The van der Waals surface area contributed by atoms with Gasteiger partial charge in [0.2, 0.25) is 0 Å². The van der Waals surface area contributed by atoms with Crippen LogP contribution in [0.3, 0.4) is 0 Å². The zero-order valence-corrected chi connectivity index (χ0v) is 35.6. The summed E-state index contributed by atoms with van der Waals surface area (Å²) in [6, 6.07) is 72.8. The molecule has 0 fully saturated rings. The quantitative estimate of drug-likeness (QED) is 0.104. The molecule has 310 valence electrons. The van der Waals surface area contributed by atoms with E-state index >= 15 is 0 Å². The van der Waals surface area contributed by atoms with Gasteiger partial charge in [0.25, 0.3) is 0 Å².